The standard InChI is InChI=1S/C29H53N5O5S/c1-4-5-6-7-8-9-10-11-12-13-14-15-16-17-19-34-21-25(32-33-34)18-20-40-23-27(30-24(2)36)28(37)31-26(22-35)29(38)39-3/h21,26-27,35H,4-20,22-23H2,1-3H3,(H,30,36)(H,31,37). The molecule has 1 heterocycles. The van der Waals surface area contributed by atoms with E-state index in [9.17, 15) is 19.5 Å². The van der Waals surface area contributed by atoms with E-state index in [4.69, 9.17) is 0 Å². The number of amides is 2. The number of nitrogens with one attached hydrogen (secondary N) is 2. The zero-order valence-electron chi connectivity index (χ0n) is 25.0. The summed E-state index contributed by atoms with van der Waals surface area (Å²) in [5.41, 5.74) is 0.893. The lowest BCUT2D eigenvalue weighted by Gasteiger charge is -2.20. The first-order valence-electron chi connectivity index (χ1n) is 15.1. The van der Waals surface area contributed by atoms with Gasteiger partial charge in [-0.3, -0.25) is 14.3 Å². The fourth-order valence-electron chi connectivity index (χ4n) is 4.43. The summed E-state index contributed by atoms with van der Waals surface area (Å²) in [6.45, 7) is 3.87. The monoisotopic (exact) mass is 583 g/mol. The second-order valence-corrected chi connectivity index (χ2v) is 11.6. The summed E-state index contributed by atoms with van der Waals surface area (Å²) < 4.78 is 6.46. The number of aliphatic hydroxyl groups is 1. The topological polar surface area (TPSA) is 135 Å². The van der Waals surface area contributed by atoms with Gasteiger partial charge < -0.3 is 20.5 Å². The number of unbranched alkanes of at least 4 members (excludes halogenated alkanes) is 13. The van der Waals surface area contributed by atoms with Gasteiger partial charge in [0.25, 0.3) is 0 Å². The minimum atomic E-state index is -1.17. The van der Waals surface area contributed by atoms with E-state index < -0.39 is 30.6 Å². The van der Waals surface area contributed by atoms with E-state index in [1.807, 2.05) is 10.9 Å². The highest BCUT2D eigenvalue weighted by atomic mass is 32.2. The van der Waals surface area contributed by atoms with Gasteiger partial charge >= 0.3 is 5.97 Å². The molecule has 0 aromatic carbocycles. The van der Waals surface area contributed by atoms with Crippen LogP contribution in [0.1, 0.15) is 109 Å². The number of ether oxygens (including phenoxy) is 1. The van der Waals surface area contributed by atoms with Crippen molar-refractivity contribution in [3.05, 3.63) is 11.9 Å². The van der Waals surface area contributed by atoms with Gasteiger partial charge in [-0.15, -0.1) is 5.10 Å². The number of hydrogen-bond acceptors (Lipinski definition) is 8. The van der Waals surface area contributed by atoms with Gasteiger partial charge in [-0.25, -0.2) is 4.79 Å². The maximum absolute atomic E-state index is 12.5. The van der Waals surface area contributed by atoms with Gasteiger partial charge in [0.15, 0.2) is 6.04 Å². The lowest BCUT2D eigenvalue weighted by molar-refractivity contribution is -0.146. The Kier molecular flexibility index (Phi) is 21.1. The molecule has 2 atom stereocenters. The summed E-state index contributed by atoms with van der Waals surface area (Å²) in [6, 6.07) is -2.01. The van der Waals surface area contributed by atoms with Gasteiger partial charge in [0.05, 0.1) is 19.4 Å². The van der Waals surface area contributed by atoms with E-state index in [2.05, 4.69) is 32.6 Å². The molecular weight excluding hydrogens is 530 g/mol. The van der Waals surface area contributed by atoms with E-state index in [0.717, 1.165) is 18.7 Å². The van der Waals surface area contributed by atoms with Crippen LogP contribution in [-0.2, 0) is 32.1 Å². The van der Waals surface area contributed by atoms with Gasteiger partial charge in [0.2, 0.25) is 11.8 Å². The summed E-state index contributed by atoms with van der Waals surface area (Å²) in [5.74, 6) is -0.640. The van der Waals surface area contributed by atoms with Gasteiger partial charge in [0, 0.05) is 31.8 Å². The molecule has 1 aromatic rings. The third-order valence-corrected chi connectivity index (χ3v) is 7.85. The molecule has 1 aromatic heterocycles. The van der Waals surface area contributed by atoms with E-state index in [0.29, 0.717) is 17.9 Å². The number of methoxy groups -OCH3 is 1. The molecule has 0 radical (unpaired) electrons. The van der Waals surface area contributed by atoms with Gasteiger partial charge in [-0.2, -0.15) is 11.8 Å². The maximum Gasteiger partial charge on any atom is 0.330 e. The molecular formula is C29H53N5O5S. The molecule has 40 heavy (non-hydrogen) atoms. The Morgan fingerprint density at radius 3 is 2.02 bits per heavy atom. The average Bonchev–Trinajstić information content (AvgIpc) is 3.40. The first-order chi connectivity index (χ1) is 19.4. The molecule has 2 amide bonds. The van der Waals surface area contributed by atoms with Crippen molar-refractivity contribution in [3.63, 3.8) is 0 Å². The van der Waals surface area contributed by atoms with Crippen LogP contribution in [0.4, 0.5) is 0 Å². The fraction of sp³-hybridized carbons (Fsp3) is 0.828. The van der Waals surface area contributed by atoms with Crippen molar-refractivity contribution >= 4 is 29.5 Å². The van der Waals surface area contributed by atoms with Crippen molar-refractivity contribution < 1.29 is 24.2 Å². The van der Waals surface area contributed by atoms with Crippen molar-refractivity contribution in [3.8, 4) is 0 Å². The molecule has 0 aliphatic heterocycles. The van der Waals surface area contributed by atoms with Crippen LogP contribution in [-0.4, -0.2) is 75.2 Å². The largest absolute Gasteiger partial charge is 0.467 e. The molecule has 2 unspecified atom stereocenters. The van der Waals surface area contributed by atoms with E-state index in [1.165, 1.54) is 109 Å². The Labute approximate surface area is 245 Å². The molecule has 10 nitrogen and oxygen atoms in total. The molecule has 230 valence electrons. The molecule has 0 aliphatic rings. The third-order valence-electron chi connectivity index (χ3n) is 6.79. The van der Waals surface area contributed by atoms with Crippen LogP contribution in [0.5, 0.6) is 0 Å². The number of thioether (sulfide) groups is 1. The number of rotatable bonds is 25. The quantitative estimate of drug-likeness (QED) is 0.115. The fourth-order valence-corrected chi connectivity index (χ4v) is 5.42. The Morgan fingerprint density at radius 1 is 0.925 bits per heavy atom. The van der Waals surface area contributed by atoms with Crippen LogP contribution in [0.2, 0.25) is 0 Å². The molecule has 3 N–H and O–H groups in total. The second kappa shape index (κ2) is 23.6. The van der Waals surface area contributed by atoms with Crippen LogP contribution in [0, 0.1) is 0 Å². The van der Waals surface area contributed by atoms with E-state index in [-0.39, 0.29) is 5.91 Å². The Morgan fingerprint density at radius 2 is 1.50 bits per heavy atom. The highest BCUT2D eigenvalue weighted by molar-refractivity contribution is 7.99. The lowest BCUT2D eigenvalue weighted by Crippen LogP contribution is -2.53. The van der Waals surface area contributed by atoms with Crippen LogP contribution >= 0.6 is 11.8 Å². The van der Waals surface area contributed by atoms with Crippen molar-refractivity contribution in [2.75, 3.05) is 25.2 Å². The van der Waals surface area contributed by atoms with Crippen molar-refractivity contribution in [1.29, 1.82) is 0 Å². The molecule has 11 heteroatoms. The number of carbonyl (C=O) groups excluding carboxylic acids is 3. The average molecular weight is 584 g/mol. The minimum absolute atomic E-state index is 0.317. The van der Waals surface area contributed by atoms with E-state index >= 15 is 0 Å². The van der Waals surface area contributed by atoms with Gasteiger partial charge in [-0.05, 0) is 12.2 Å². The number of aliphatic hydroxyl groups excluding tert-OH is 1. The maximum atomic E-state index is 12.5. The minimum Gasteiger partial charge on any atom is -0.467 e. The number of carbonyl (C=O) groups is 3. The normalized spacial score (nSPS) is 12.6. The molecule has 0 bridgehead atoms. The van der Waals surface area contributed by atoms with Gasteiger partial charge in [-0.1, -0.05) is 95.6 Å². The van der Waals surface area contributed by atoms with Gasteiger partial charge in [0.1, 0.15) is 6.04 Å². The number of hydrogen-bond donors (Lipinski definition) is 3. The summed E-state index contributed by atoms with van der Waals surface area (Å²) in [6.07, 6.45) is 21.4. The first kappa shape index (κ1) is 35.9. The highest BCUT2D eigenvalue weighted by Gasteiger charge is 2.26. The van der Waals surface area contributed by atoms with Crippen molar-refractivity contribution in [1.82, 2.24) is 25.6 Å². The van der Waals surface area contributed by atoms with E-state index in [1.54, 1.807) is 0 Å². The highest BCUT2D eigenvalue weighted by Crippen LogP contribution is 2.13. The molecule has 1 rings (SSSR count). The number of nitrogens with zero attached hydrogens (tertiary/aromatic N) is 3. The SMILES string of the molecule is CCCCCCCCCCCCCCCCn1cc(CCSCC(NC(C)=O)C(=O)NC(CO)C(=O)OC)nn1. The Hall–Kier alpha value is -2.14. The molecule has 0 spiro atoms. The van der Waals surface area contributed by atoms with Crippen LogP contribution in [0.3, 0.4) is 0 Å². The zero-order valence-corrected chi connectivity index (χ0v) is 25.8. The smallest absolute Gasteiger partial charge is 0.330 e. The predicted octanol–water partition coefficient (Wildman–Crippen LogP) is 4.19. The second-order valence-electron chi connectivity index (χ2n) is 10.4. The molecule has 0 aliphatic carbocycles. The lowest BCUT2D eigenvalue weighted by atomic mass is 10.0. The van der Waals surface area contributed by atoms with Crippen molar-refractivity contribution in [2.24, 2.45) is 0 Å². The predicted molar refractivity (Wildman–Crippen MR) is 160 cm³/mol. The third kappa shape index (κ3) is 17.5. The van der Waals surface area contributed by atoms with Crippen LogP contribution < -0.4 is 10.6 Å². The van der Waals surface area contributed by atoms with Crippen LogP contribution in [0.15, 0.2) is 6.20 Å². The zero-order chi connectivity index (χ0) is 29.4. The molecule has 0 saturated carbocycles. The number of aryl methyl sites for hydroxylation is 2. The summed E-state index contributed by atoms with van der Waals surface area (Å²) in [5, 5.41) is 22.8. The first-order valence-corrected chi connectivity index (χ1v) is 16.3. The Balaban J connectivity index is 2.16. The van der Waals surface area contributed by atoms with Crippen LogP contribution in [0.25, 0.3) is 0 Å². The summed E-state index contributed by atoms with van der Waals surface area (Å²) >= 11 is 1.49. The number of esters is 1. The summed E-state index contributed by atoms with van der Waals surface area (Å²) in [4.78, 5) is 35.7. The number of aromatic nitrogens is 3. The Bertz CT molecular complexity index is 822. The van der Waals surface area contributed by atoms with Crippen molar-refractivity contribution in [2.45, 2.75) is 129 Å². The summed E-state index contributed by atoms with van der Waals surface area (Å²) in [7, 11) is 1.18. The molecule has 0 saturated heterocycles. The molecule has 0 fully saturated rings.